The Balaban J connectivity index is 1.87. The molecule has 3 rings (SSSR count). The summed E-state index contributed by atoms with van der Waals surface area (Å²) in [6.45, 7) is 6.79. The Morgan fingerprint density at radius 2 is 1.14 bits per heavy atom. The van der Waals surface area contributed by atoms with Crippen LogP contribution in [0, 0.1) is 0 Å². The van der Waals surface area contributed by atoms with Crippen LogP contribution in [-0.2, 0) is 0 Å². The van der Waals surface area contributed by atoms with Crippen molar-refractivity contribution in [2.75, 3.05) is 0 Å². The van der Waals surface area contributed by atoms with Gasteiger partial charge in [-0.2, -0.15) is 0 Å². The summed E-state index contributed by atoms with van der Waals surface area (Å²) in [6.07, 6.45) is 2.45. The molecule has 0 aromatic heterocycles. The molecular weight excluding hydrogens is 266 g/mol. The summed E-state index contributed by atoms with van der Waals surface area (Å²) in [5.41, 5.74) is 3.14. The Bertz CT molecular complexity index is 535. The molecule has 0 saturated heterocycles. The third-order valence-corrected chi connectivity index (χ3v) is 4.66. The molecule has 1 fully saturated rings. The first kappa shape index (κ1) is 15.3. The topological polar surface area (TPSA) is 12.0 Å². The van der Waals surface area contributed by atoms with E-state index in [2.05, 4.69) is 86.8 Å². The van der Waals surface area contributed by atoms with Crippen molar-refractivity contribution in [2.24, 2.45) is 0 Å². The molecule has 3 atom stereocenters. The predicted molar refractivity (Wildman–Crippen MR) is 94.3 cm³/mol. The molecule has 1 N–H and O–H groups in total. The SMILES string of the molecule is CC(C)(C)NC1C[C@H](c2ccccc2)[C@H](c2ccccc2)C1. The van der Waals surface area contributed by atoms with Crippen molar-refractivity contribution in [3.63, 3.8) is 0 Å². The summed E-state index contributed by atoms with van der Waals surface area (Å²) >= 11 is 0. The maximum atomic E-state index is 3.82. The van der Waals surface area contributed by atoms with Crippen LogP contribution in [0.1, 0.15) is 56.6 Å². The normalized spacial score (nSPS) is 25.3. The molecule has 0 radical (unpaired) electrons. The van der Waals surface area contributed by atoms with E-state index >= 15 is 0 Å². The van der Waals surface area contributed by atoms with E-state index in [0.717, 1.165) is 0 Å². The van der Waals surface area contributed by atoms with Crippen molar-refractivity contribution in [3.8, 4) is 0 Å². The number of hydrogen-bond donors (Lipinski definition) is 1. The van der Waals surface area contributed by atoms with Crippen molar-refractivity contribution in [3.05, 3.63) is 71.8 Å². The van der Waals surface area contributed by atoms with E-state index in [1.807, 2.05) is 0 Å². The van der Waals surface area contributed by atoms with Gasteiger partial charge < -0.3 is 5.32 Å². The van der Waals surface area contributed by atoms with Crippen LogP contribution in [0.3, 0.4) is 0 Å². The number of hydrogen-bond acceptors (Lipinski definition) is 1. The molecule has 22 heavy (non-hydrogen) atoms. The van der Waals surface area contributed by atoms with Gasteiger partial charge >= 0.3 is 0 Å². The zero-order valence-corrected chi connectivity index (χ0v) is 13.9. The highest BCUT2D eigenvalue weighted by Crippen LogP contribution is 2.46. The summed E-state index contributed by atoms with van der Waals surface area (Å²) in [5, 5.41) is 3.82. The Hall–Kier alpha value is -1.60. The lowest BCUT2D eigenvalue weighted by atomic mass is 9.84. The number of nitrogens with one attached hydrogen (secondary N) is 1. The summed E-state index contributed by atoms with van der Waals surface area (Å²) in [6, 6.07) is 22.7. The van der Waals surface area contributed by atoms with Crippen LogP contribution < -0.4 is 5.32 Å². The van der Waals surface area contributed by atoms with Crippen LogP contribution in [0.5, 0.6) is 0 Å². The Labute approximate surface area is 134 Å². The van der Waals surface area contributed by atoms with Crippen molar-refractivity contribution in [1.29, 1.82) is 0 Å². The quantitative estimate of drug-likeness (QED) is 0.829. The maximum absolute atomic E-state index is 3.82. The fourth-order valence-corrected chi connectivity index (χ4v) is 3.91. The van der Waals surface area contributed by atoms with Gasteiger partial charge in [0.25, 0.3) is 0 Å². The monoisotopic (exact) mass is 293 g/mol. The van der Waals surface area contributed by atoms with Gasteiger partial charge in [0.1, 0.15) is 0 Å². The lowest BCUT2D eigenvalue weighted by molar-refractivity contribution is 0.358. The standard InChI is InChI=1S/C21H27N/c1-21(2,3)22-18-14-19(16-10-6-4-7-11-16)20(15-18)17-12-8-5-9-13-17/h4-13,18-20,22H,14-15H2,1-3H3/t18?,19-,20+. The Morgan fingerprint density at radius 3 is 1.50 bits per heavy atom. The highest BCUT2D eigenvalue weighted by molar-refractivity contribution is 5.31. The maximum Gasteiger partial charge on any atom is 0.00991 e. The number of rotatable bonds is 3. The van der Waals surface area contributed by atoms with Gasteiger partial charge in [0.15, 0.2) is 0 Å². The molecular formula is C21H27N. The average molecular weight is 293 g/mol. The molecule has 0 bridgehead atoms. The van der Waals surface area contributed by atoms with E-state index in [9.17, 15) is 0 Å². The Morgan fingerprint density at radius 1 is 0.727 bits per heavy atom. The molecule has 1 nitrogen and oxygen atoms in total. The molecule has 1 aliphatic rings. The Kier molecular flexibility index (Phi) is 4.35. The summed E-state index contributed by atoms with van der Waals surface area (Å²) in [5.74, 6) is 1.23. The molecule has 0 amide bonds. The van der Waals surface area contributed by atoms with Crippen molar-refractivity contribution in [1.82, 2.24) is 5.32 Å². The van der Waals surface area contributed by atoms with Gasteiger partial charge in [-0.05, 0) is 56.6 Å². The summed E-state index contributed by atoms with van der Waals surface area (Å²) < 4.78 is 0. The lowest BCUT2D eigenvalue weighted by Crippen LogP contribution is -2.42. The molecule has 0 spiro atoms. The highest BCUT2D eigenvalue weighted by Gasteiger charge is 2.37. The fourth-order valence-electron chi connectivity index (χ4n) is 3.91. The number of benzene rings is 2. The van der Waals surface area contributed by atoms with Gasteiger partial charge in [-0.1, -0.05) is 60.7 Å². The third-order valence-electron chi connectivity index (χ3n) is 4.66. The van der Waals surface area contributed by atoms with Crippen LogP contribution >= 0.6 is 0 Å². The molecule has 116 valence electrons. The van der Waals surface area contributed by atoms with Crippen LogP contribution in [0.25, 0.3) is 0 Å². The third kappa shape index (κ3) is 3.59. The second kappa shape index (κ2) is 6.26. The average Bonchev–Trinajstić information content (AvgIpc) is 2.91. The summed E-state index contributed by atoms with van der Waals surface area (Å²) in [4.78, 5) is 0. The van der Waals surface area contributed by atoms with E-state index in [1.165, 1.54) is 24.0 Å². The fraction of sp³-hybridized carbons (Fsp3) is 0.429. The van der Waals surface area contributed by atoms with E-state index < -0.39 is 0 Å². The molecule has 0 heterocycles. The van der Waals surface area contributed by atoms with Crippen LogP contribution in [0.4, 0.5) is 0 Å². The molecule has 1 heteroatoms. The second-order valence-electron chi connectivity index (χ2n) is 7.60. The van der Waals surface area contributed by atoms with Crippen LogP contribution in [-0.4, -0.2) is 11.6 Å². The molecule has 2 aromatic rings. The highest BCUT2D eigenvalue weighted by atomic mass is 15.0. The van der Waals surface area contributed by atoms with Crippen molar-refractivity contribution >= 4 is 0 Å². The van der Waals surface area contributed by atoms with Crippen LogP contribution in [0.15, 0.2) is 60.7 Å². The molecule has 1 unspecified atom stereocenters. The van der Waals surface area contributed by atoms with Gasteiger partial charge in [0.2, 0.25) is 0 Å². The van der Waals surface area contributed by atoms with Gasteiger partial charge in [-0.15, -0.1) is 0 Å². The van der Waals surface area contributed by atoms with Gasteiger partial charge in [0, 0.05) is 11.6 Å². The van der Waals surface area contributed by atoms with Crippen LogP contribution in [0.2, 0.25) is 0 Å². The van der Waals surface area contributed by atoms with Gasteiger partial charge in [-0.3, -0.25) is 0 Å². The summed E-state index contributed by atoms with van der Waals surface area (Å²) in [7, 11) is 0. The molecule has 1 saturated carbocycles. The molecule has 0 aliphatic heterocycles. The van der Waals surface area contributed by atoms with E-state index in [4.69, 9.17) is 0 Å². The van der Waals surface area contributed by atoms with Gasteiger partial charge in [0.05, 0.1) is 0 Å². The zero-order valence-electron chi connectivity index (χ0n) is 13.9. The van der Waals surface area contributed by atoms with E-state index in [0.29, 0.717) is 17.9 Å². The minimum atomic E-state index is 0.178. The molecule has 2 aromatic carbocycles. The largest absolute Gasteiger partial charge is 0.309 e. The van der Waals surface area contributed by atoms with Crippen molar-refractivity contribution < 1.29 is 0 Å². The first-order chi connectivity index (χ1) is 10.5. The lowest BCUT2D eigenvalue weighted by Gasteiger charge is -2.26. The second-order valence-corrected chi connectivity index (χ2v) is 7.60. The minimum absolute atomic E-state index is 0.178. The smallest absolute Gasteiger partial charge is 0.00991 e. The molecule has 1 aliphatic carbocycles. The van der Waals surface area contributed by atoms with E-state index in [-0.39, 0.29) is 5.54 Å². The first-order valence-electron chi connectivity index (χ1n) is 8.40. The first-order valence-corrected chi connectivity index (χ1v) is 8.40. The van der Waals surface area contributed by atoms with E-state index in [1.54, 1.807) is 0 Å². The zero-order chi connectivity index (χ0) is 15.6. The minimum Gasteiger partial charge on any atom is -0.309 e. The predicted octanol–water partition coefficient (Wildman–Crippen LogP) is 5.10. The van der Waals surface area contributed by atoms with Crippen molar-refractivity contribution in [2.45, 2.75) is 57.0 Å². The van der Waals surface area contributed by atoms with Gasteiger partial charge in [-0.25, -0.2) is 0 Å².